The molecule has 28 heavy (non-hydrogen) atoms. The summed E-state index contributed by atoms with van der Waals surface area (Å²) in [5.74, 6) is 1.07. The first-order valence-corrected chi connectivity index (χ1v) is 10.5. The molecule has 0 spiro atoms. The van der Waals surface area contributed by atoms with E-state index < -0.39 is 6.09 Å². The average Bonchev–Trinajstić information content (AvgIpc) is 3.08. The van der Waals surface area contributed by atoms with Crippen molar-refractivity contribution in [2.45, 2.75) is 58.8 Å². The SMILES string of the molecule is CCCCCCN1CCc2cc(OC(=O)Nc3ccc(C(C)C)cc3)ccc21. The summed E-state index contributed by atoms with van der Waals surface area (Å²) in [6, 6.07) is 13.9. The van der Waals surface area contributed by atoms with Gasteiger partial charge in [-0.2, -0.15) is 0 Å². The summed E-state index contributed by atoms with van der Waals surface area (Å²) in [5, 5.41) is 2.80. The van der Waals surface area contributed by atoms with Crippen LogP contribution in [0.2, 0.25) is 0 Å². The molecule has 1 heterocycles. The van der Waals surface area contributed by atoms with Crippen molar-refractivity contribution in [1.29, 1.82) is 0 Å². The van der Waals surface area contributed by atoms with Crippen LogP contribution in [0, 0.1) is 0 Å². The zero-order valence-corrected chi connectivity index (χ0v) is 17.3. The summed E-state index contributed by atoms with van der Waals surface area (Å²) in [5.41, 5.74) is 4.54. The molecule has 0 fully saturated rings. The van der Waals surface area contributed by atoms with E-state index in [9.17, 15) is 4.79 Å². The molecule has 1 aliphatic rings. The number of rotatable bonds is 8. The van der Waals surface area contributed by atoms with Crippen LogP contribution in [0.15, 0.2) is 42.5 Å². The van der Waals surface area contributed by atoms with E-state index in [1.807, 2.05) is 36.4 Å². The van der Waals surface area contributed by atoms with Crippen LogP contribution in [0.1, 0.15) is 63.5 Å². The molecule has 0 unspecified atom stereocenters. The fourth-order valence-electron chi connectivity index (χ4n) is 3.67. The van der Waals surface area contributed by atoms with Gasteiger partial charge in [0.25, 0.3) is 0 Å². The first-order chi connectivity index (χ1) is 13.6. The van der Waals surface area contributed by atoms with Gasteiger partial charge in [0, 0.05) is 24.5 Å². The van der Waals surface area contributed by atoms with Crippen LogP contribution in [-0.2, 0) is 6.42 Å². The Labute approximate surface area is 168 Å². The van der Waals surface area contributed by atoms with Crippen LogP contribution in [0.25, 0.3) is 0 Å². The smallest absolute Gasteiger partial charge is 0.410 e. The number of hydrogen-bond acceptors (Lipinski definition) is 3. The summed E-state index contributed by atoms with van der Waals surface area (Å²) in [4.78, 5) is 14.7. The Morgan fingerprint density at radius 2 is 1.89 bits per heavy atom. The molecule has 3 rings (SSSR count). The Hall–Kier alpha value is -2.49. The van der Waals surface area contributed by atoms with Crippen LogP contribution in [0.5, 0.6) is 5.75 Å². The zero-order valence-electron chi connectivity index (χ0n) is 17.3. The molecular weight excluding hydrogens is 348 g/mol. The molecule has 0 saturated heterocycles. The van der Waals surface area contributed by atoms with Gasteiger partial charge in [-0.3, -0.25) is 5.32 Å². The van der Waals surface area contributed by atoms with Crippen LogP contribution in [0.3, 0.4) is 0 Å². The number of carbonyl (C=O) groups is 1. The Balaban J connectivity index is 1.54. The molecule has 1 N–H and O–H groups in total. The highest BCUT2D eigenvalue weighted by molar-refractivity contribution is 5.86. The van der Waals surface area contributed by atoms with E-state index in [2.05, 4.69) is 37.1 Å². The van der Waals surface area contributed by atoms with Crippen LogP contribution < -0.4 is 15.0 Å². The van der Waals surface area contributed by atoms with Crippen molar-refractivity contribution in [3.63, 3.8) is 0 Å². The molecule has 0 aromatic heterocycles. The third-order valence-electron chi connectivity index (χ3n) is 5.36. The molecule has 0 saturated carbocycles. The highest BCUT2D eigenvalue weighted by Gasteiger charge is 2.19. The number of anilines is 2. The summed E-state index contributed by atoms with van der Waals surface area (Å²) < 4.78 is 5.50. The molecule has 0 bridgehead atoms. The maximum Gasteiger partial charge on any atom is 0.417 e. The van der Waals surface area contributed by atoms with Gasteiger partial charge in [0.1, 0.15) is 5.75 Å². The minimum absolute atomic E-state index is 0.452. The first kappa shape index (κ1) is 20.2. The van der Waals surface area contributed by atoms with E-state index in [4.69, 9.17) is 4.74 Å². The van der Waals surface area contributed by atoms with Gasteiger partial charge in [0.15, 0.2) is 0 Å². The molecule has 150 valence electrons. The number of nitrogens with zero attached hydrogens (tertiary/aromatic N) is 1. The van der Waals surface area contributed by atoms with Crippen molar-refractivity contribution in [2.24, 2.45) is 0 Å². The van der Waals surface area contributed by atoms with E-state index >= 15 is 0 Å². The largest absolute Gasteiger partial charge is 0.417 e. The van der Waals surface area contributed by atoms with Gasteiger partial charge in [0.2, 0.25) is 0 Å². The van der Waals surface area contributed by atoms with E-state index in [-0.39, 0.29) is 0 Å². The van der Waals surface area contributed by atoms with Crippen molar-refractivity contribution in [2.75, 3.05) is 23.3 Å². The van der Waals surface area contributed by atoms with Crippen molar-refractivity contribution < 1.29 is 9.53 Å². The summed E-state index contributed by atoms with van der Waals surface area (Å²) in [7, 11) is 0. The number of nitrogens with one attached hydrogen (secondary N) is 1. The molecule has 1 aliphatic heterocycles. The molecule has 4 heteroatoms. The van der Waals surface area contributed by atoms with Gasteiger partial charge in [-0.15, -0.1) is 0 Å². The number of unbranched alkanes of at least 4 members (excludes halogenated alkanes) is 3. The Bertz CT molecular complexity index is 784. The molecule has 4 nitrogen and oxygen atoms in total. The summed E-state index contributed by atoms with van der Waals surface area (Å²) in [6.07, 6.45) is 5.67. The minimum atomic E-state index is -0.452. The summed E-state index contributed by atoms with van der Waals surface area (Å²) >= 11 is 0. The highest BCUT2D eigenvalue weighted by atomic mass is 16.6. The molecule has 0 aliphatic carbocycles. The monoisotopic (exact) mass is 380 g/mol. The fraction of sp³-hybridized carbons (Fsp3) is 0.458. The Morgan fingerprint density at radius 1 is 1.11 bits per heavy atom. The maximum absolute atomic E-state index is 12.2. The average molecular weight is 381 g/mol. The van der Waals surface area contributed by atoms with Gasteiger partial charge in [-0.1, -0.05) is 52.2 Å². The number of fused-ring (bicyclic) bond motifs is 1. The van der Waals surface area contributed by atoms with Gasteiger partial charge in [-0.05, 0) is 60.2 Å². The van der Waals surface area contributed by atoms with Gasteiger partial charge in [0.05, 0.1) is 0 Å². The maximum atomic E-state index is 12.2. The molecule has 2 aromatic carbocycles. The van der Waals surface area contributed by atoms with E-state index in [1.165, 1.54) is 42.5 Å². The minimum Gasteiger partial charge on any atom is -0.410 e. The molecular formula is C24H32N2O2. The Morgan fingerprint density at radius 3 is 2.61 bits per heavy atom. The van der Waals surface area contributed by atoms with Crippen LogP contribution in [0.4, 0.5) is 16.2 Å². The van der Waals surface area contributed by atoms with Crippen molar-refractivity contribution in [1.82, 2.24) is 0 Å². The molecule has 1 amide bonds. The number of amides is 1. The predicted molar refractivity (Wildman–Crippen MR) is 117 cm³/mol. The lowest BCUT2D eigenvalue weighted by Gasteiger charge is -2.19. The fourth-order valence-corrected chi connectivity index (χ4v) is 3.67. The predicted octanol–water partition coefficient (Wildman–Crippen LogP) is 6.36. The molecule has 0 radical (unpaired) electrons. The van der Waals surface area contributed by atoms with Gasteiger partial charge < -0.3 is 9.64 Å². The molecule has 0 atom stereocenters. The third kappa shape index (κ3) is 5.28. The first-order valence-electron chi connectivity index (χ1n) is 10.5. The van der Waals surface area contributed by atoms with Crippen molar-refractivity contribution in [3.8, 4) is 5.75 Å². The normalized spacial score (nSPS) is 12.9. The molecule has 2 aromatic rings. The summed E-state index contributed by atoms with van der Waals surface area (Å²) in [6.45, 7) is 8.71. The number of benzene rings is 2. The topological polar surface area (TPSA) is 41.6 Å². The Kier molecular flexibility index (Phi) is 6.96. The van der Waals surface area contributed by atoms with Gasteiger partial charge in [-0.25, -0.2) is 4.79 Å². The van der Waals surface area contributed by atoms with E-state index in [1.54, 1.807) is 0 Å². The lowest BCUT2D eigenvalue weighted by molar-refractivity contribution is 0.215. The standard InChI is InChI=1S/C24H32N2O2/c1-4-5-6-7-15-26-16-14-20-17-22(12-13-23(20)26)28-24(27)25-21-10-8-19(9-11-21)18(2)3/h8-13,17-18H,4-7,14-16H2,1-3H3,(H,25,27). The third-order valence-corrected chi connectivity index (χ3v) is 5.36. The second kappa shape index (κ2) is 9.63. The number of ether oxygens (including phenoxy) is 1. The quantitative estimate of drug-likeness (QED) is 0.541. The lowest BCUT2D eigenvalue weighted by atomic mass is 10.0. The second-order valence-electron chi connectivity index (χ2n) is 7.88. The van der Waals surface area contributed by atoms with E-state index in [0.29, 0.717) is 11.7 Å². The lowest BCUT2D eigenvalue weighted by Crippen LogP contribution is -2.21. The van der Waals surface area contributed by atoms with Crippen LogP contribution >= 0.6 is 0 Å². The van der Waals surface area contributed by atoms with Gasteiger partial charge >= 0.3 is 6.09 Å². The van der Waals surface area contributed by atoms with Crippen molar-refractivity contribution >= 4 is 17.5 Å². The number of hydrogen-bond donors (Lipinski definition) is 1. The highest BCUT2D eigenvalue weighted by Crippen LogP contribution is 2.31. The second-order valence-corrected chi connectivity index (χ2v) is 7.88. The van der Waals surface area contributed by atoms with Crippen LogP contribution in [-0.4, -0.2) is 19.2 Å². The number of carbonyl (C=O) groups excluding carboxylic acids is 1. The van der Waals surface area contributed by atoms with Crippen molar-refractivity contribution in [3.05, 3.63) is 53.6 Å². The zero-order chi connectivity index (χ0) is 19.9. The van der Waals surface area contributed by atoms with E-state index in [0.717, 1.165) is 25.2 Å².